The van der Waals surface area contributed by atoms with Crippen LogP contribution in [-0.4, -0.2) is 34.6 Å². The van der Waals surface area contributed by atoms with Gasteiger partial charge in [0.15, 0.2) is 17.2 Å². The number of nitrogens with one attached hydrogen (secondary N) is 1. The first-order chi connectivity index (χ1) is 14.0. The Morgan fingerprint density at radius 3 is 2.79 bits per heavy atom. The molecule has 0 aliphatic heterocycles. The van der Waals surface area contributed by atoms with E-state index in [-0.39, 0.29) is 24.8 Å². The van der Waals surface area contributed by atoms with Gasteiger partial charge in [-0.25, -0.2) is 0 Å². The maximum atomic E-state index is 12.6. The second-order valence-electron chi connectivity index (χ2n) is 6.06. The highest BCUT2D eigenvalue weighted by Gasteiger charge is 2.16. The number of carbonyl (C=O) groups excluding carboxylic acids is 1. The lowest BCUT2D eigenvalue weighted by molar-refractivity contribution is 0.0945. The molecule has 0 atom stereocenters. The van der Waals surface area contributed by atoms with Gasteiger partial charge in [0.2, 0.25) is 0 Å². The van der Waals surface area contributed by atoms with Crippen molar-refractivity contribution in [1.29, 1.82) is 0 Å². The standard InChI is InChI=1S/C21H19ClN4O3/c1-4-10-29-19-11-15(8-9-18(19)28-3)13-23-21(27)20-14(2)24-26(25-20)17-7-5-6-16(22)12-17/h1,5-9,11-12H,10,13H2,2-3H3,(H,23,27). The van der Waals surface area contributed by atoms with Crippen LogP contribution in [0.15, 0.2) is 42.5 Å². The molecule has 29 heavy (non-hydrogen) atoms. The van der Waals surface area contributed by atoms with E-state index in [1.165, 1.54) is 4.80 Å². The summed E-state index contributed by atoms with van der Waals surface area (Å²) in [5.41, 5.74) is 2.24. The van der Waals surface area contributed by atoms with Crippen LogP contribution < -0.4 is 14.8 Å². The summed E-state index contributed by atoms with van der Waals surface area (Å²) in [7, 11) is 1.55. The molecule has 8 heteroatoms. The van der Waals surface area contributed by atoms with Gasteiger partial charge in [-0.15, -0.1) is 11.5 Å². The van der Waals surface area contributed by atoms with Gasteiger partial charge >= 0.3 is 0 Å². The Hall–Kier alpha value is -3.50. The summed E-state index contributed by atoms with van der Waals surface area (Å²) in [6, 6.07) is 12.4. The van der Waals surface area contributed by atoms with Gasteiger partial charge in [-0.3, -0.25) is 4.79 Å². The third kappa shape index (κ3) is 4.86. The monoisotopic (exact) mass is 410 g/mol. The number of rotatable bonds is 7. The average molecular weight is 411 g/mol. The van der Waals surface area contributed by atoms with Crippen LogP contribution >= 0.6 is 11.6 Å². The number of hydrogen-bond donors (Lipinski definition) is 1. The average Bonchev–Trinajstić information content (AvgIpc) is 3.12. The first-order valence-electron chi connectivity index (χ1n) is 8.73. The second-order valence-corrected chi connectivity index (χ2v) is 6.50. The number of carbonyl (C=O) groups is 1. The van der Waals surface area contributed by atoms with E-state index in [9.17, 15) is 4.79 Å². The smallest absolute Gasteiger partial charge is 0.274 e. The Bertz CT molecular complexity index is 1070. The molecule has 148 valence electrons. The van der Waals surface area contributed by atoms with Crippen LogP contribution in [0.25, 0.3) is 5.69 Å². The van der Waals surface area contributed by atoms with Crippen molar-refractivity contribution < 1.29 is 14.3 Å². The van der Waals surface area contributed by atoms with Crippen molar-refractivity contribution in [2.75, 3.05) is 13.7 Å². The van der Waals surface area contributed by atoms with E-state index >= 15 is 0 Å². The van der Waals surface area contributed by atoms with Crippen LogP contribution in [0.2, 0.25) is 5.02 Å². The third-order valence-corrected chi connectivity index (χ3v) is 4.26. The molecule has 3 aromatic rings. The van der Waals surface area contributed by atoms with Gasteiger partial charge in [0.1, 0.15) is 6.61 Å². The van der Waals surface area contributed by atoms with Crippen molar-refractivity contribution in [1.82, 2.24) is 20.3 Å². The summed E-state index contributed by atoms with van der Waals surface area (Å²) < 4.78 is 10.7. The number of aryl methyl sites for hydroxylation is 1. The molecule has 1 amide bonds. The molecule has 3 rings (SSSR count). The molecule has 0 saturated heterocycles. The topological polar surface area (TPSA) is 78.3 Å². The Labute approximate surface area is 173 Å². The zero-order valence-electron chi connectivity index (χ0n) is 16.0. The van der Waals surface area contributed by atoms with Crippen LogP contribution in [0.4, 0.5) is 0 Å². The van der Waals surface area contributed by atoms with Gasteiger partial charge in [-0.1, -0.05) is 29.7 Å². The lowest BCUT2D eigenvalue weighted by Gasteiger charge is -2.11. The summed E-state index contributed by atoms with van der Waals surface area (Å²) in [6.45, 7) is 2.12. The fourth-order valence-corrected chi connectivity index (χ4v) is 2.82. The van der Waals surface area contributed by atoms with Crippen LogP contribution in [0, 0.1) is 19.3 Å². The molecular formula is C21H19ClN4O3. The number of benzene rings is 2. The first-order valence-corrected chi connectivity index (χ1v) is 9.11. The zero-order chi connectivity index (χ0) is 20.8. The summed E-state index contributed by atoms with van der Waals surface area (Å²) in [5.74, 6) is 3.15. The van der Waals surface area contributed by atoms with Crippen molar-refractivity contribution in [3.05, 3.63) is 64.4 Å². The number of ether oxygens (including phenoxy) is 2. The molecule has 7 nitrogen and oxygen atoms in total. The Balaban J connectivity index is 1.72. The predicted molar refractivity (Wildman–Crippen MR) is 110 cm³/mol. The zero-order valence-corrected chi connectivity index (χ0v) is 16.7. The van der Waals surface area contributed by atoms with E-state index in [0.717, 1.165) is 5.56 Å². The minimum Gasteiger partial charge on any atom is -0.493 e. The largest absolute Gasteiger partial charge is 0.493 e. The molecule has 1 N–H and O–H groups in total. The second kappa shape index (κ2) is 9.13. The first kappa shape index (κ1) is 20.2. The maximum Gasteiger partial charge on any atom is 0.274 e. The van der Waals surface area contributed by atoms with Gasteiger partial charge in [-0.05, 0) is 42.8 Å². The van der Waals surface area contributed by atoms with Crippen molar-refractivity contribution in [3.8, 4) is 29.5 Å². The van der Waals surface area contributed by atoms with Gasteiger partial charge < -0.3 is 14.8 Å². The molecule has 0 fully saturated rings. The molecule has 0 radical (unpaired) electrons. The van der Waals surface area contributed by atoms with E-state index < -0.39 is 0 Å². The molecule has 2 aromatic carbocycles. The third-order valence-electron chi connectivity index (χ3n) is 4.03. The Morgan fingerprint density at radius 1 is 1.24 bits per heavy atom. The fraction of sp³-hybridized carbons (Fsp3) is 0.190. The minimum atomic E-state index is -0.335. The lowest BCUT2D eigenvalue weighted by Crippen LogP contribution is -2.24. The summed E-state index contributed by atoms with van der Waals surface area (Å²) in [4.78, 5) is 14.0. The van der Waals surface area contributed by atoms with E-state index in [4.69, 9.17) is 27.5 Å². The molecule has 1 aromatic heterocycles. The number of halogens is 1. The maximum absolute atomic E-state index is 12.6. The van der Waals surface area contributed by atoms with E-state index in [1.54, 1.807) is 44.4 Å². The summed E-state index contributed by atoms with van der Waals surface area (Å²) >= 11 is 6.01. The highest BCUT2D eigenvalue weighted by atomic mass is 35.5. The molecule has 0 spiro atoms. The van der Waals surface area contributed by atoms with Crippen LogP contribution in [0.5, 0.6) is 11.5 Å². The number of terminal acetylenes is 1. The van der Waals surface area contributed by atoms with Crippen LogP contribution in [0.3, 0.4) is 0 Å². The highest BCUT2D eigenvalue weighted by Crippen LogP contribution is 2.28. The molecule has 1 heterocycles. The summed E-state index contributed by atoms with van der Waals surface area (Å²) in [5, 5.41) is 12.0. The molecule has 0 aliphatic rings. The fourth-order valence-electron chi connectivity index (χ4n) is 2.63. The van der Waals surface area contributed by atoms with Crippen molar-refractivity contribution in [2.24, 2.45) is 0 Å². The SMILES string of the molecule is C#CCOc1cc(CNC(=O)c2nn(-c3cccc(Cl)c3)nc2C)ccc1OC. The Kier molecular flexibility index (Phi) is 6.37. The normalized spacial score (nSPS) is 10.3. The van der Waals surface area contributed by atoms with E-state index in [2.05, 4.69) is 21.4 Å². The van der Waals surface area contributed by atoms with Gasteiger partial charge in [0, 0.05) is 11.6 Å². The molecule has 0 aliphatic carbocycles. The Morgan fingerprint density at radius 2 is 2.07 bits per heavy atom. The van der Waals surface area contributed by atoms with Gasteiger partial charge in [0.25, 0.3) is 5.91 Å². The van der Waals surface area contributed by atoms with E-state index in [0.29, 0.717) is 27.9 Å². The highest BCUT2D eigenvalue weighted by molar-refractivity contribution is 6.30. The van der Waals surface area contributed by atoms with Crippen molar-refractivity contribution in [3.63, 3.8) is 0 Å². The predicted octanol–water partition coefficient (Wildman–Crippen LogP) is 3.18. The van der Waals surface area contributed by atoms with Crippen molar-refractivity contribution in [2.45, 2.75) is 13.5 Å². The van der Waals surface area contributed by atoms with Crippen molar-refractivity contribution >= 4 is 17.5 Å². The number of methoxy groups -OCH3 is 1. The molecule has 0 saturated carbocycles. The molecular weight excluding hydrogens is 392 g/mol. The molecule has 0 bridgehead atoms. The number of hydrogen-bond acceptors (Lipinski definition) is 5. The van der Waals surface area contributed by atoms with Gasteiger partial charge in [0.05, 0.1) is 18.5 Å². The molecule has 0 unspecified atom stereocenters. The number of nitrogens with zero attached hydrogens (tertiary/aromatic N) is 3. The quantitative estimate of drug-likeness (QED) is 0.605. The number of amides is 1. The number of aromatic nitrogens is 3. The van der Waals surface area contributed by atoms with Crippen LogP contribution in [0.1, 0.15) is 21.7 Å². The minimum absolute atomic E-state index is 0.123. The van der Waals surface area contributed by atoms with Crippen LogP contribution in [-0.2, 0) is 6.54 Å². The van der Waals surface area contributed by atoms with E-state index in [1.807, 2.05) is 12.1 Å². The van der Waals surface area contributed by atoms with Gasteiger partial charge in [-0.2, -0.15) is 9.90 Å². The summed E-state index contributed by atoms with van der Waals surface area (Å²) in [6.07, 6.45) is 5.24. The lowest BCUT2D eigenvalue weighted by atomic mass is 10.2.